The summed E-state index contributed by atoms with van der Waals surface area (Å²) in [6, 6.07) is 0. The molecule has 21 heavy (non-hydrogen) atoms. The third-order valence-corrected chi connectivity index (χ3v) is 3.01. The molecule has 0 spiro atoms. The van der Waals surface area contributed by atoms with Crippen LogP contribution in [0.4, 0.5) is 25.1 Å². The van der Waals surface area contributed by atoms with E-state index in [4.69, 9.17) is 5.84 Å². The molecular formula is C10H14F3N7O. The smallest absolute Gasteiger partial charge is 0.339 e. The van der Waals surface area contributed by atoms with Gasteiger partial charge in [-0.1, -0.05) is 0 Å². The van der Waals surface area contributed by atoms with Gasteiger partial charge in [-0.25, -0.2) is 5.84 Å². The number of amides is 1. The fraction of sp³-hybridized carbons (Fsp3) is 0.600. The van der Waals surface area contributed by atoms with E-state index in [2.05, 4.69) is 15.0 Å². The molecule has 1 aromatic rings. The van der Waals surface area contributed by atoms with Gasteiger partial charge in [0.15, 0.2) is 0 Å². The quantitative estimate of drug-likeness (QED) is 0.578. The molecule has 11 heteroatoms. The van der Waals surface area contributed by atoms with Crippen LogP contribution in [0, 0.1) is 0 Å². The summed E-state index contributed by atoms with van der Waals surface area (Å²) in [5.74, 6) is 3.21. The lowest BCUT2D eigenvalue weighted by Gasteiger charge is -2.34. The number of carbonyl (C=O) groups is 1. The van der Waals surface area contributed by atoms with Crippen LogP contribution in [-0.4, -0.2) is 51.9 Å². The highest BCUT2D eigenvalue weighted by molar-refractivity contribution is 5.73. The summed E-state index contributed by atoms with van der Waals surface area (Å²) in [4.78, 5) is 24.8. The van der Waals surface area contributed by atoms with Crippen molar-refractivity contribution in [2.45, 2.75) is 13.1 Å². The monoisotopic (exact) mass is 305 g/mol. The van der Waals surface area contributed by atoms with Gasteiger partial charge in [0.1, 0.15) is 0 Å². The highest BCUT2D eigenvalue weighted by Crippen LogP contribution is 2.28. The largest absolute Gasteiger partial charge is 0.451 e. The molecule has 1 saturated heterocycles. The maximum absolute atomic E-state index is 12.7. The molecule has 1 fully saturated rings. The Bertz CT molecular complexity index is 528. The number of halogens is 3. The Morgan fingerprint density at radius 3 is 2.29 bits per heavy atom. The first kappa shape index (κ1) is 15.2. The highest BCUT2D eigenvalue weighted by Gasteiger charge is 2.36. The lowest BCUT2D eigenvalue weighted by molar-refractivity contribution is -0.144. The number of nitrogens with two attached hydrogens (primary N) is 1. The van der Waals surface area contributed by atoms with Gasteiger partial charge in [-0.3, -0.25) is 10.2 Å². The Hall–Kier alpha value is -2.17. The molecule has 0 unspecified atom stereocenters. The Balaban J connectivity index is 2.22. The Morgan fingerprint density at radius 1 is 1.19 bits per heavy atom. The SMILES string of the molecule is CC(=O)N1CCN(c2nc(NN)nc(C(F)(F)F)n2)CC1. The summed E-state index contributed by atoms with van der Waals surface area (Å²) in [6.07, 6.45) is -4.69. The van der Waals surface area contributed by atoms with Crippen LogP contribution < -0.4 is 16.2 Å². The number of hydrogen-bond acceptors (Lipinski definition) is 7. The van der Waals surface area contributed by atoms with E-state index in [0.29, 0.717) is 26.2 Å². The third-order valence-electron chi connectivity index (χ3n) is 3.01. The van der Waals surface area contributed by atoms with Gasteiger partial charge < -0.3 is 9.80 Å². The van der Waals surface area contributed by atoms with Gasteiger partial charge in [0.05, 0.1) is 0 Å². The van der Waals surface area contributed by atoms with Gasteiger partial charge >= 0.3 is 6.18 Å². The van der Waals surface area contributed by atoms with E-state index in [1.165, 1.54) is 6.92 Å². The summed E-state index contributed by atoms with van der Waals surface area (Å²) in [7, 11) is 0. The van der Waals surface area contributed by atoms with E-state index >= 15 is 0 Å². The van der Waals surface area contributed by atoms with Gasteiger partial charge in [0.25, 0.3) is 0 Å². The molecule has 1 aliphatic heterocycles. The number of carbonyl (C=O) groups excluding carboxylic acids is 1. The van der Waals surface area contributed by atoms with Crippen LogP contribution in [0.2, 0.25) is 0 Å². The fourth-order valence-corrected chi connectivity index (χ4v) is 1.92. The summed E-state index contributed by atoms with van der Waals surface area (Å²) >= 11 is 0. The molecular weight excluding hydrogens is 291 g/mol. The number of anilines is 2. The number of aromatic nitrogens is 3. The predicted octanol–water partition coefficient (Wildman–Crippen LogP) is -0.156. The highest BCUT2D eigenvalue weighted by atomic mass is 19.4. The van der Waals surface area contributed by atoms with Crippen LogP contribution in [-0.2, 0) is 11.0 Å². The molecule has 1 aliphatic rings. The number of hydrazine groups is 1. The molecule has 0 aromatic carbocycles. The van der Waals surface area contributed by atoms with E-state index in [-0.39, 0.29) is 17.8 Å². The van der Waals surface area contributed by atoms with Gasteiger partial charge in [-0.05, 0) is 0 Å². The first-order chi connectivity index (χ1) is 9.81. The zero-order valence-corrected chi connectivity index (χ0v) is 11.2. The predicted molar refractivity (Wildman–Crippen MR) is 67.1 cm³/mol. The maximum atomic E-state index is 12.7. The van der Waals surface area contributed by atoms with Crippen molar-refractivity contribution < 1.29 is 18.0 Å². The van der Waals surface area contributed by atoms with E-state index < -0.39 is 12.0 Å². The van der Waals surface area contributed by atoms with Gasteiger partial charge in [0.2, 0.25) is 23.6 Å². The number of hydrogen-bond donors (Lipinski definition) is 2. The second-order valence-corrected chi connectivity index (χ2v) is 4.42. The lowest BCUT2D eigenvalue weighted by atomic mass is 10.3. The minimum atomic E-state index is -4.69. The van der Waals surface area contributed by atoms with Crippen molar-refractivity contribution >= 4 is 17.8 Å². The molecule has 3 N–H and O–H groups in total. The lowest BCUT2D eigenvalue weighted by Crippen LogP contribution is -2.48. The van der Waals surface area contributed by atoms with Crippen LogP contribution >= 0.6 is 0 Å². The zero-order chi connectivity index (χ0) is 15.6. The number of piperazine rings is 1. The molecule has 0 aliphatic carbocycles. The second-order valence-electron chi connectivity index (χ2n) is 4.42. The molecule has 116 valence electrons. The van der Waals surface area contributed by atoms with Crippen LogP contribution in [0.15, 0.2) is 0 Å². The molecule has 0 bridgehead atoms. The first-order valence-corrected chi connectivity index (χ1v) is 6.11. The summed E-state index contributed by atoms with van der Waals surface area (Å²) in [5, 5.41) is 0. The zero-order valence-electron chi connectivity index (χ0n) is 11.2. The van der Waals surface area contributed by atoms with Gasteiger partial charge in [-0.2, -0.15) is 28.1 Å². The first-order valence-electron chi connectivity index (χ1n) is 6.11. The van der Waals surface area contributed by atoms with Crippen molar-refractivity contribution in [1.82, 2.24) is 19.9 Å². The Kier molecular flexibility index (Phi) is 4.11. The molecule has 2 rings (SSSR count). The number of rotatable bonds is 2. The molecule has 8 nitrogen and oxygen atoms in total. The molecule has 0 saturated carbocycles. The average molecular weight is 305 g/mol. The summed E-state index contributed by atoms with van der Waals surface area (Å²) in [6.45, 7) is 2.91. The Labute approximate surface area is 118 Å². The molecule has 1 amide bonds. The van der Waals surface area contributed by atoms with Crippen LogP contribution in [0.3, 0.4) is 0 Å². The molecule has 1 aromatic heterocycles. The number of nitrogens with one attached hydrogen (secondary N) is 1. The van der Waals surface area contributed by atoms with E-state index in [1.54, 1.807) is 9.80 Å². The number of alkyl halides is 3. The van der Waals surface area contributed by atoms with Crippen LogP contribution in [0.5, 0.6) is 0 Å². The fourth-order valence-electron chi connectivity index (χ4n) is 1.92. The summed E-state index contributed by atoms with van der Waals surface area (Å²) < 4.78 is 38.2. The molecule has 0 radical (unpaired) electrons. The van der Waals surface area contributed by atoms with E-state index in [0.717, 1.165) is 0 Å². The molecule has 2 heterocycles. The summed E-state index contributed by atoms with van der Waals surface area (Å²) in [5.41, 5.74) is 1.99. The maximum Gasteiger partial charge on any atom is 0.451 e. The van der Waals surface area contributed by atoms with Gasteiger partial charge in [0, 0.05) is 33.1 Å². The minimum absolute atomic E-state index is 0.0782. The van der Waals surface area contributed by atoms with Crippen LogP contribution in [0.25, 0.3) is 0 Å². The third kappa shape index (κ3) is 3.48. The van der Waals surface area contributed by atoms with E-state index in [1.807, 2.05) is 5.43 Å². The standard InChI is InChI=1S/C10H14F3N7O/c1-6(21)19-2-4-20(5-3-19)9-16-7(10(11,12)13)15-8(17-9)18-14/h2-5,14H2,1H3,(H,15,16,17,18). The van der Waals surface area contributed by atoms with Crippen molar-refractivity contribution in [2.75, 3.05) is 36.5 Å². The average Bonchev–Trinajstić information content (AvgIpc) is 2.46. The normalized spacial score (nSPS) is 16.0. The number of nitrogens with zero attached hydrogens (tertiary/aromatic N) is 5. The molecule has 0 atom stereocenters. The number of nitrogen functional groups attached to an aromatic ring is 1. The van der Waals surface area contributed by atoms with Crippen LogP contribution in [0.1, 0.15) is 12.7 Å². The van der Waals surface area contributed by atoms with E-state index in [9.17, 15) is 18.0 Å². The van der Waals surface area contributed by atoms with Crippen molar-refractivity contribution in [3.05, 3.63) is 5.82 Å². The van der Waals surface area contributed by atoms with Gasteiger partial charge in [-0.15, -0.1) is 0 Å². The topological polar surface area (TPSA) is 100 Å². The Morgan fingerprint density at radius 2 is 1.81 bits per heavy atom. The van der Waals surface area contributed by atoms with Crippen molar-refractivity contribution in [2.24, 2.45) is 5.84 Å². The second kappa shape index (κ2) is 5.68. The van der Waals surface area contributed by atoms with Crippen molar-refractivity contribution in [3.8, 4) is 0 Å². The van der Waals surface area contributed by atoms with Crippen molar-refractivity contribution in [1.29, 1.82) is 0 Å². The van der Waals surface area contributed by atoms with Crippen molar-refractivity contribution in [3.63, 3.8) is 0 Å². The minimum Gasteiger partial charge on any atom is -0.339 e.